The third kappa shape index (κ3) is 3.58. The van der Waals surface area contributed by atoms with Gasteiger partial charge in [-0.2, -0.15) is 0 Å². The normalized spacial score (nSPS) is 11.4. The van der Waals surface area contributed by atoms with Crippen LogP contribution in [0.2, 0.25) is 0 Å². The molecule has 0 aliphatic rings. The van der Waals surface area contributed by atoms with Crippen LogP contribution in [0.1, 0.15) is 18.9 Å². The van der Waals surface area contributed by atoms with E-state index in [0.717, 1.165) is 17.7 Å². The van der Waals surface area contributed by atoms with E-state index >= 15 is 0 Å². The number of nitrogens with two attached hydrogens (primary N) is 1. The first kappa shape index (κ1) is 10.7. The highest BCUT2D eigenvalue weighted by atomic mass is 16.6. The third-order valence-corrected chi connectivity index (χ3v) is 1.83. The Balaban J connectivity index is 2.44. The number of benzene rings is 1. The van der Waals surface area contributed by atoms with Crippen LogP contribution in [0.15, 0.2) is 35.5 Å². The van der Waals surface area contributed by atoms with Gasteiger partial charge in [0.1, 0.15) is 6.61 Å². The van der Waals surface area contributed by atoms with E-state index in [-0.39, 0.29) is 0 Å². The summed E-state index contributed by atoms with van der Waals surface area (Å²) in [6, 6.07) is 9.95. The Labute approximate surface area is 84.6 Å². The average molecular weight is 192 g/mol. The molecule has 1 aromatic rings. The van der Waals surface area contributed by atoms with Crippen LogP contribution in [-0.4, -0.2) is 18.9 Å². The second-order valence-corrected chi connectivity index (χ2v) is 3.02. The molecule has 0 atom stereocenters. The lowest BCUT2D eigenvalue weighted by Crippen LogP contribution is -2.03. The van der Waals surface area contributed by atoms with Gasteiger partial charge in [0.2, 0.25) is 0 Å². The molecule has 1 aromatic carbocycles. The molecule has 0 heterocycles. The van der Waals surface area contributed by atoms with Crippen molar-refractivity contribution in [2.75, 3.05) is 13.2 Å². The van der Waals surface area contributed by atoms with Gasteiger partial charge in [-0.3, -0.25) is 0 Å². The monoisotopic (exact) mass is 192 g/mol. The second kappa shape index (κ2) is 6.16. The molecule has 1 rings (SSSR count). The van der Waals surface area contributed by atoms with E-state index in [0.29, 0.717) is 13.2 Å². The van der Waals surface area contributed by atoms with E-state index < -0.39 is 0 Å². The lowest BCUT2D eigenvalue weighted by molar-refractivity contribution is 0.143. The minimum atomic E-state index is 0.584. The molecule has 0 aliphatic heterocycles. The highest BCUT2D eigenvalue weighted by Gasteiger charge is 1.95. The van der Waals surface area contributed by atoms with Gasteiger partial charge in [0, 0.05) is 0 Å². The zero-order valence-electron chi connectivity index (χ0n) is 8.44. The molecule has 0 fully saturated rings. The van der Waals surface area contributed by atoms with E-state index in [1.165, 1.54) is 0 Å². The Hall–Kier alpha value is -1.35. The smallest absolute Gasteiger partial charge is 0.118 e. The Morgan fingerprint density at radius 2 is 2.07 bits per heavy atom. The fraction of sp³-hybridized carbons (Fsp3) is 0.364. The Morgan fingerprint density at radius 3 is 2.71 bits per heavy atom. The molecule has 0 amide bonds. The molecule has 0 saturated carbocycles. The predicted octanol–water partition coefficient (Wildman–Crippen LogP) is 1.78. The maximum atomic E-state index is 5.33. The fourth-order valence-electron chi connectivity index (χ4n) is 1.02. The lowest BCUT2D eigenvalue weighted by Gasteiger charge is -2.01. The Morgan fingerprint density at radius 1 is 1.36 bits per heavy atom. The summed E-state index contributed by atoms with van der Waals surface area (Å²) in [7, 11) is 0. The van der Waals surface area contributed by atoms with Crippen LogP contribution in [0.3, 0.4) is 0 Å². The molecule has 0 spiro atoms. The van der Waals surface area contributed by atoms with Crippen molar-refractivity contribution in [1.82, 2.24) is 0 Å². The van der Waals surface area contributed by atoms with Crippen molar-refractivity contribution < 1.29 is 4.84 Å². The summed E-state index contributed by atoms with van der Waals surface area (Å²) in [4.78, 5) is 5.10. The van der Waals surface area contributed by atoms with Crippen molar-refractivity contribution in [3.05, 3.63) is 35.9 Å². The van der Waals surface area contributed by atoms with Gasteiger partial charge in [-0.15, -0.1) is 0 Å². The van der Waals surface area contributed by atoms with Crippen LogP contribution in [0, 0.1) is 0 Å². The standard InChI is InChI=1S/C11H16N2O/c1-10(13-14-9-5-8-12)11-6-3-2-4-7-11/h2-4,6-7H,5,8-9,12H2,1H3. The van der Waals surface area contributed by atoms with Gasteiger partial charge in [-0.25, -0.2) is 0 Å². The van der Waals surface area contributed by atoms with Crippen LogP contribution in [0.4, 0.5) is 0 Å². The Bertz CT molecular complexity index is 283. The van der Waals surface area contributed by atoms with E-state index in [2.05, 4.69) is 5.16 Å². The van der Waals surface area contributed by atoms with E-state index in [9.17, 15) is 0 Å². The number of nitrogens with zero attached hydrogens (tertiary/aromatic N) is 1. The molecule has 0 aromatic heterocycles. The van der Waals surface area contributed by atoms with Gasteiger partial charge in [0.05, 0.1) is 5.71 Å². The number of hydrogen-bond donors (Lipinski definition) is 1. The second-order valence-electron chi connectivity index (χ2n) is 3.02. The topological polar surface area (TPSA) is 47.6 Å². The summed E-state index contributed by atoms with van der Waals surface area (Å²) in [6.45, 7) is 3.15. The van der Waals surface area contributed by atoms with Gasteiger partial charge >= 0.3 is 0 Å². The molecular weight excluding hydrogens is 176 g/mol. The first-order chi connectivity index (χ1) is 6.84. The highest BCUT2D eigenvalue weighted by molar-refractivity contribution is 5.98. The fourth-order valence-corrected chi connectivity index (χ4v) is 1.02. The van der Waals surface area contributed by atoms with Crippen molar-refractivity contribution >= 4 is 5.71 Å². The zero-order chi connectivity index (χ0) is 10.2. The minimum Gasteiger partial charge on any atom is -0.396 e. The van der Waals surface area contributed by atoms with Crippen LogP contribution < -0.4 is 5.73 Å². The average Bonchev–Trinajstić information content (AvgIpc) is 2.25. The summed E-state index contributed by atoms with van der Waals surface area (Å²) < 4.78 is 0. The van der Waals surface area contributed by atoms with Crippen LogP contribution >= 0.6 is 0 Å². The summed E-state index contributed by atoms with van der Waals surface area (Å²) in [5, 5.41) is 3.99. The maximum Gasteiger partial charge on any atom is 0.118 e. The van der Waals surface area contributed by atoms with Crippen molar-refractivity contribution in [2.24, 2.45) is 10.9 Å². The lowest BCUT2D eigenvalue weighted by atomic mass is 10.1. The molecule has 0 radical (unpaired) electrons. The first-order valence-electron chi connectivity index (χ1n) is 4.76. The van der Waals surface area contributed by atoms with Crippen LogP contribution in [0.25, 0.3) is 0 Å². The van der Waals surface area contributed by atoms with Gasteiger partial charge in [0.15, 0.2) is 0 Å². The van der Waals surface area contributed by atoms with Gasteiger partial charge in [-0.05, 0) is 25.5 Å². The number of oxime groups is 1. The number of rotatable bonds is 5. The van der Waals surface area contributed by atoms with Gasteiger partial charge < -0.3 is 10.6 Å². The largest absolute Gasteiger partial charge is 0.396 e. The molecule has 3 nitrogen and oxygen atoms in total. The third-order valence-electron chi connectivity index (χ3n) is 1.83. The van der Waals surface area contributed by atoms with Gasteiger partial charge in [0.25, 0.3) is 0 Å². The summed E-state index contributed by atoms with van der Waals surface area (Å²) in [5.41, 5.74) is 7.30. The summed E-state index contributed by atoms with van der Waals surface area (Å²) >= 11 is 0. The SMILES string of the molecule is CC(=NOCCCN)c1ccccc1. The molecule has 3 heteroatoms. The van der Waals surface area contributed by atoms with Crippen LogP contribution in [0.5, 0.6) is 0 Å². The van der Waals surface area contributed by atoms with Crippen LogP contribution in [-0.2, 0) is 4.84 Å². The quantitative estimate of drug-likeness (QED) is 0.439. The molecule has 0 unspecified atom stereocenters. The Kier molecular flexibility index (Phi) is 4.72. The van der Waals surface area contributed by atoms with Gasteiger partial charge in [-0.1, -0.05) is 35.5 Å². The highest BCUT2D eigenvalue weighted by Crippen LogP contribution is 2.00. The summed E-state index contributed by atoms with van der Waals surface area (Å²) in [5.74, 6) is 0. The molecule has 2 N–H and O–H groups in total. The zero-order valence-corrected chi connectivity index (χ0v) is 8.44. The van der Waals surface area contributed by atoms with Crippen molar-refractivity contribution in [3.8, 4) is 0 Å². The van der Waals surface area contributed by atoms with E-state index in [4.69, 9.17) is 10.6 Å². The van der Waals surface area contributed by atoms with E-state index in [1.54, 1.807) is 0 Å². The molecule has 0 bridgehead atoms. The molecular formula is C11H16N2O. The molecule has 76 valence electrons. The predicted molar refractivity (Wildman–Crippen MR) is 58.3 cm³/mol. The first-order valence-corrected chi connectivity index (χ1v) is 4.76. The summed E-state index contributed by atoms with van der Waals surface area (Å²) in [6.07, 6.45) is 0.839. The number of hydrogen-bond acceptors (Lipinski definition) is 3. The van der Waals surface area contributed by atoms with E-state index in [1.807, 2.05) is 37.3 Å². The van der Waals surface area contributed by atoms with Crippen molar-refractivity contribution in [2.45, 2.75) is 13.3 Å². The molecule has 0 saturated heterocycles. The molecule has 0 aliphatic carbocycles. The van der Waals surface area contributed by atoms with Crippen molar-refractivity contribution in [3.63, 3.8) is 0 Å². The minimum absolute atomic E-state index is 0.584. The molecule has 14 heavy (non-hydrogen) atoms. The van der Waals surface area contributed by atoms with Crippen molar-refractivity contribution in [1.29, 1.82) is 0 Å². The maximum absolute atomic E-state index is 5.33.